The number of aryl methyl sites for hydroxylation is 1. The summed E-state index contributed by atoms with van der Waals surface area (Å²) in [5, 5.41) is 4.41. The first kappa shape index (κ1) is 18.7. The predicted molar refractivity (Wildman–Crippen MR) is 117 cm³/mol. The molecule has 150 valence electrons. The summed E-state index contributed by atoms with van der Waals surface area (Å²) in [4.78, 5) is 11.4. The Morgan fingerprint density at radius 2 is 1.70 bits per heavy atom. The van der Waals surface area contributed by atoms with Gasteiger partial charge in [-0.15, -0.1) is 0 Å². The van der Waals surface area contributed by atoms with Gasteiger partial charge < -0.3 is 4.52 Å². The van der Waals surface area contributed by atoms with Gasteiger partial charge in [-0.1, -0.05) is 66.7 Å². The molecule has 5 nitrogen and oxygen atoms in total. The predicted octanol–water partition coefficient (Wildman–Crippen LogP) is 4.92. The molecule has 0 saturated carbocycles. The average Bonchev–Trinajstić information content (AvgIpc) is 3.23. The first-order valence-corrected chi connectivity index (χ1v) is 10.5. The van der Waals surface area contributed by atoms with Crippen LogP contribution in [0.5, 0.6) is 0 Å². The number of fused-ring (bicyclic) bond motifs is 1. The van der Waals surface area contributed by atoms with Crippen LogP contribution in [0.4, 0.5) is 0 Å². The van der Waals surface area contributed by atoms with E-state index in [0.717, 1.165) is 61.0 Å². The van der Waals surface area contributed by atoms with Crippen molar-refractivity contribution in [2.75, 3.05) is 6.54 Å². The Labute approximate surface area is 176 Å². The maximum Gasteiger partial charge on any atom is 0.143 e. The summed E-state index contributed by atoms with van der Waals surface area (Å²) in [6.45, 7) is 4.66. The van der Waals surface area contributed by atoms with E-state index in [9.17, 15) is 0 Å². The Bertz CT molecular complexity index is 1140. The van der Waals surface area contributed by atoms with Crippen molar-refractivity contribution in [2.24, 2.45) is 0 Å². The van der Waals surface area contributed by atoms with Crippen molar-refractivity contribution in [3.8, 4) is 22.4 Å². The molecular formula is C25H24N4O. The number of nitrogens with zero attached hydrogens (tertiary/aromatic N) is 4. The molecule has 0 bridgehead atoms. The van der Waals surface area contributed by atoms with E-state index in [2.05, 4.69) is 75.5 Å². The molecule has 3 heterocycles. The summed E-state index contributed by atoms with van der Waals surface area (Å²) in [7, 11) is 0. The molecule has 5 rings (SSSR count). The topological polar surface area (TPSA) is 55.1 Å². The van der Waals surface area contributed by atoms with Crippen LogP contribution in [0.1, 0.15) is 29.8 Å². The first-order valence-electron chi connectivity index (χ1n) is 10.5. The van der Waals surface area contributed by atoms with Gasteiger partial charge in [0, 0.05) is 49.8 Å². The Hall–Kier alpha value is -3.31. The van der Waals surface area contributed by atoms with Gasteiger partial charge in [-0.2, -0.15) is 0 Å². The van der Waals surface area contributed by atoms with Gasteiger partial charge in [-0.3, -0.25) is 4.90 Å². The van der Waals surface area contributed by atoms with Crippen molar-refractivity contribution >= 4 is 0 Å². The minimum atomic E-state index is 0.812. The number of rotatable bonds is 5. The Morgan fingerprint density at radius 1 is 0.933 bits per heavy atom. The lowest BCUT2D eigenvalue weighted by Gasteiger charge is -2.25. The van der Waals surface area contributed by atoms with Gasteiger partial charge >= 0.3 is 0 Å². The van der Waals surface area contributed by atoms with Crippen molar-refractivity contribution in [1.29, 1.82) is 0 Å². The van der Waals surface area contributed by atoms with E-state index in [1.807, 2.05) is 18.3 Å². The quantitative estimate of drug-likeness (QED) is 0.479. The Morgan fingerprint density at radius 3 is 2.50 bits per heavy atom. The largest absolute Gasteiger partial charge is 0.360 e. The van der Waals surface area contributed by atoms with Crippen LogP contribution in [0.3, 0.4) is 0 Å². The zero-order chi connectivity index (χ0) is 20.3. The molecule has 5 heteroatoms. The van der Waals surface area contributed by atoms with E-state index in [1.165, 1.54) is 16.7 Å². The van der Waals surface area contributed by atoms with Gasteiger partial charge in [0.1, 0.15) is 17.3 Å². The first-order chi connectivity index (χ1) is 14.8. The summed E-state index contributed by atoms with van der Waals surface area (Å²) >= 11 is 0. The van der Waals surface area contributed by atoms with Gasteiger partial charge in [0.05, 0.1) is 5.69 Å². The molecule has 0 spiro atoms. The zero-order valence-corrected chi connectivity index (χ0v) is 17.1. The van der Waals surface area contributed by atoms with Crippen molar-refractivity contribution < 1.29 is 4.52 Å². The lowest BCUT2D eigenvalue weighted by molar-refractivity contribution is 0.226. The van der Waals surface area contributed by atoms with E-state index in [-0.39, 0.29) is 0 Å². The SMILES string of the molecule is CCc1nccc(CN2CCc3onc(-c4ccc(-c5ccccc5)cc4)c3C2)n1. The fourth-order valence-electron chi connectivity index (χ4n) is 4.01. The molecule has 0 saturated heterocycles. The van der Waals surface area contributed by atoms with Crippen LogP contribution in [0.15, 0.2) is 71.4 Å². The van der Waals surface area contributed by atoms with Crippen molar-refractivity contribution in [2.45, 2.75) is 32.9 Å². The molecule has 2 aromatic heterocycles. The van der Waals surface area contributed by atoms with Gasteiger partial charge in [0.15, 0.2) is 0 Å². The van der Waals surface area contributed by atoms with Crippen molar-refractivity contribution in [3.63, 3.8) is 0 Å². The Kier molecular flexibility index (Phi) is 5.11. The molecule has 1 aliphatic rings. The van der Waals surface area contributed by atoms with Gasteiger partial charge in [0.25, 0.3) is 0 Å². The Balaban J connectivity index is 1.36. The summed E-state index contributed by atoms with van der Waals surface area (Å²) in [5.41, 5.74) is 6.72. The summed E-state index contributed by atoms with van der Waals surface area (Å²) in [6, 6.07) is 21.0. The molecule has 0 radical (unpaired) electrons. The minimum absolute atomic E-state index is 0.812. The van der Waals surface area contributed by atoms with E-state index in [0.29, 0.717) is 0 Å². The monoisotopic (exact) mass is 396 g/mol. The normalized spacial score (nSPS) is 13.9. The summed E-state index contributed by atoms with van der Waals surface area (Å²) in [5.74, 6) is 1.90. The fraction of sp³-hybridized carbons (Fsp3) is 0.240. The van der Waals surface area contributed by atoms with Crippen LogP contribution >= 0.6 is 0 Å². The van der Waals surface area contributed by atoms with Crippen LogP contribution in [0.2, 0.25) is 0 Å². The maximum absolute atomic E-state index is 5.69. The molecule has 0 unspecified atom stereocenters. The molecule has 1 aliphatic heterocycles. The molecule has 2 aromatic carbocycles. The van der Waals surface area contributed by atoms with Crippen LogP contribution in [-0.2, 0) is 25.9 Å². The minimum Gasteiger partial charge on any atom is -0.360 e. The number of aromatic nitrogens is 3. The second-order valence-electron chi connectivity index (χ2n) is 7.65. The zero-order valence-electron chi connectivity index (χ0n) is 17.1. The lowest BCUT2D eigenvalue weighted by Crippen LogP contribution is -2.30. The number of benzene rings is 2. The third kappa shape index (κ3) is 3.76. The van der Waals surface area contributed by atoms with E-state index >= 15 is 0 Å². The smallest absolute Gasteiger partial charge is 0.143 e. The number of hydrogen-bond acceptors (Lipinski definition) is 5. The highest BCUT2D eigenvalue weighted by molar-refractivity contribution is 5.70. The van der Waals surface area contributed by atoms with Gasteiger partial charge in [0.2, 0.25) is 0 Å². The molecule has 0 amide bonds. The molecule has 0 atom stereocenters. The van der Waals surface area contributed by atoms with Crippen LogP contribution < -0.4 is 0 Å². The summed E-state index contributed by atoms with van der Waals surface area (Å²) < 4.78 is 5.69. The summed E-state index contributed by atoms with van der Waals surface area (Å²) in [6.07, 6.45) is 3.58. The van der Waals surface area contributed by atoms with Crippen LogP contribution in [0.25, 0.3) is 22.4 Å². The third-order valence-corrected chi connectivity index (χ3v) is 5.64. The molecule has 0 aliphatic carbocycles. The van der Waals surface area contributed by atoms with Crippen molar-refractivity contribution in [3.05, 3.63) is 89.7 Å². The highest BCUT2D eigenvalue weighted by Crippen LogP contribution is 2.31. The maximum atomic E-state index is 5.69. The third-order valence-electron chi connectivity index (χ3n) is 5.64. The molecule has 4 aromatic rings. The molecule has 30 heavy (non-hydrogen) atoms. The van der Waals surface area contributed by atoms with Crippen LogP contribution in [-0.4, -0.2) is 26.6 Å². The van der Waals surface area contributed by atoms with Gasteiger partial charge in [-0.05, 0) is 17.2 Å². The molecule has 0 N–H and O–H groups in total. The highest BCUT2D eigenvalue weighted by Gasteiger charge is 2.25. The highest BCUT2D eigenvalue weighted by atomic mass is 16.5. The standard InChI is InChI=1S/C25H24N4O/c1-2-24-26-14-12-21(27-24)16-29-15-13-23-22(17-29)25(28-30-23)20-10-8-19(9-11-20)18-6-4-3-5-7-18/h3-12,14H,2,13,15-17H2,1H3. The molecular weight excluding hydrogens is 372 g/mol. The van der Waals surface area contributed by atoms with Crippen LogP contribution in [0, 0.1) is 0 Å². The van der Waals surface area contributed by atoms with E-state index in [4.69, 9.17) is 4.52 Å². The molecule has 0 fully saturated rings. The van der Waals surface area contributed by atoms with Crippen molar-refractivity contribution in [1.82, 2.24) is 20.0 Å². The number of hydrogen-bond donors (Lipinski definition) is 0. The fourth-order valence-corrected chi connectivity index (χ4v) is 4.01. The van der Waals surface area contributed by atoms with E-state index < -0.39 is 0 Å². The average molecular weight is 396 g/mol. The van der Waals surface area contributed by atoms with E-state index in [1.54, 1.807) is 0 Å². The lowest BCUT2D eigenvalue weighted by atomic mass is 9.99. The second kappa shape index (κ2) is 8.20. The second-order valence-corrected chi connectivity index (χ2v) is 7.65. The van der Waals surface area contributed by atoms with Gasteiger partial charge in [-0.25, -0.2) is 9.97 Å².